The zero-order chi connectivity index (χ0) is 19.1. The van der Waals surface area contributed by atoms with Gasteiger partial charge in [-0.15, -0.1) is 0 Å². The number of benzene rings is 2. The van der Waals surface area contributed by atoms with E-state index in [1.807, 2.05) is 12.1 Å². The first-order chi connectivity index (χ1) is 12.4. The van der Waals surface area contributed by atoms with E-state index in [0.717, 1.165) is 24.1 Å². The van der Waals surface area contributed by atoms with Crippen molar-refractivity contribution in [2.45, 2.75) is 58.7 Å². The highest BCUT2D eigenvalue weighted by atomic mass is 16.5. The van der Waals surface area contributed by atoms with Crippen molar-refractivity contribution < 1.29 is 9.84 Å². The fourth-order valence-electron chi connectivity index (χ4n) is 3.72. The van der Waals surface area contributed by atoms with Crippen LogP contribution in [0.4, 0.5) is 0 Å². The Kier molecular flexibility index (Phi) is 7.67. The highest BCUT2D eigenvalue weighted by Crippen LogP contribution is 2.35. The third-order valence-corrected chi connectivity index (χ3v) is 4.98. The van der Waals surface area contributed by atoms with Crippen molar-refractivity contribution in [3.8, 4) is 5.75 Å². The maximum atomic E-state index is 10.6. The van der Waals surface area contributed by atoms with Crippen LogP contribution in [0.3, 0.4) is 0 Å². The Morgan fingerprint density at radius 1 is 0.962 bits per heavy atom. The van der Waals surface area contributed by atoms with E-state index < -0.39 is 0 Å². The van der Waals surface area contributed by atoms with E-state index in [-0.39, 0.29) is 5.92 Å². The Labute approximate surface area is 158 Å². The fourth-order valence-corrected chi connectivity index (χ4v) is 3.72. The summed E-state index contributed by atoms with van der Waals surface area (Å²) in [5.41, 5.74) is 3.31. The normalized spacial score (nSPS) is 12.9. The van der Waals surface area contributed by atoms with Gasteiger partial charge in [-0.25, -0.2) is 0 Å². The first kappa shape index (κ1) is 20.5. The summed E-state index contributed by atoms with van der Waals surface area (Å²) in [5, 5.41) is 10.6. The molecule has 2 rings (SSSR count). The van der Waals surface area contributed by atoms with Gasteiger partial charge in [0.25, 0.3) is 0 Å². The maximum absolute atomic E-state index is 10.6. The average Bonchev–Trinajstić information content (AvgIpc) is 2.61. The lowest BCUT2D eigenvalue weighted by Gasteiger charge is -2.32. The molecule has 142 valence electrons. The molecule has 0 aliphatic rings. The van der Waals surface area contributed by atoms with Crippen LogP contribution in [0.1, 0.15) is 56.7 Å². The average molecular weight is 356 g/mol. The highest BCUT2D eigenvalue weighted by molar-refractivity contribution is 5.43. The van der Waals surface area contributed by atoms with Crippen LogP contribution in [0.15, 0.2) is 48.5 Å². The van der Waals surface area contributed by atoms with Gasteiger partial charge in [-0.3, -0.25) is 4.90 Å². The van der Waals surface area contributed by atoms with Gasteiger partial charge in [0.1, 0.15) is 5.75 Å². The van der Waals surface area contributed by atoms with Crippen LogP contribution < -0.4 is 0 Å². The summed E-state index contributed by atoms with van der Waals surface area (Å²) in [6.45, 7) is 10.5. The third-order valence-electron chi connectivity index (χ3n) is 4.98. The number of ether oxygens (including phenoxy) is 1. The van der Waals surface area contributed by atoms with Crippen molar-refractivity contribution in [1.29, 1.82) is 0 Å². The van der Waals surface area contributed by atoms with Crippen LogP contribution in [0.25, 0.3) is 0 Å². The minimum atomic E-state index is 0.160. The summed E-state index contributed by atoms with van der Waals surface area (Å²) in [5.74, 6) is 0.521. The molecular formula is C23H33NO2. The molecule has 3 nitrogen and oxygen atoms in total. The SMILES string of the molecule is COCc1ccc(O)c([C@@H](CCN(C(C)C)C(C)C)c2ccccc2)c1. The first-order valence-electron chi connectivity index (χ1n) is 9.55. The first-order valence-corrected chi connectivity index (χ1v) is 9.55. The van der Waals surface area contributed by atoms with Gasteiger partial charge < -0.3 is 9.84 Å². The summed E-state index contributed by atoms with van der Waals surface area (Å²) in [6.07, 6.45) is 0.963. The molecule has 26 heavy (non-hydrogen) atoms. The van der Waals surface area contributed by atoms with Crippen LogP contribution in [0.2, 0.25) is 0 Å². The fraction of sp³-hybridized carbons (Fsp3) is 0.478. The highest BCUT2D eigenvalue weighted by Gasteiger charge is 2.21. The molecule has 0 unspecified atom stereocenters. The van der Waals surface area contributed by atoms with Gasteiger partial charge >= 0.3 is 0 Å². The largest absolute Gasteiger partial charge is 0.508 e. The Balaban J connectivity index is 2.35. The number of rotatable bonds is 9. The molecule has 0 aliphatic heterocycles. The molecule has 0 saturated heterocycles. The molecule has 1 N–H and O–H groups in total. The number of phenols is 1. The number of hydrogen-bond acceptors (Lipinski definition) is 3. The minimum absolute atomic E-state index is 0.160. The van der Waals surface area contributed by atoms with Crippen molar-refractivity contribution in [2.75, 3.05) is 13.7 Å². The second kappa shape index (κ2) is 9.75. The van der Waals surface area contributed by atoms with Crippen LogP contribution in [-0.4, -0.2) is 35.7 Å². The summed E-state index contributed by atoms with van der Waals surface area (Å²) < 4.78 is 5.28. The van der Waals surface area contributed by atoms with Crippen molar-refractivity contribution >= 4 is 0 Å². The second-order valence-electron chi connectivity index (χ2n) is 7.50. The molecule has 0 heterocycles. The maximum Gasteiger partial charge on any atom is 0.119 e. The van der Waals surface area contributed by atoms with Crippen molar-refractivity contribution in [3.05, 3.63) is 65.2 Å². The number of nitrogens with zero attached hydrogens (tertiary/aromatic N) is 1. The van der Waals surface area contributed by atoms with Gasteiger partial charge in [-0.1, -0.05) is 36.4 Å². The Morgan fingerprint density at radius 2 is 1.62 bits per heavy atom. The van der Waals surface area contributed by atoms with Gasteiger partial charge in [0.2, 0.25) is 0 Å². The van der Waals surface area contributed by atoms with Crippen LogP contribution in [0.5, 0.6) is 5.75 Å². The van der Waals surface area contributed by atoms with E-state index in [0.29, 0.717) is 24.4 Å². The number of hydrogen-bond donors (Lipinski definition) is 1. The molecule has 0 spiro atoms. The lowest BCUT2D eigenvalue weighted by Crippen LogP contribution is -2.38. The molecule has 0 bridgehead atoms. The van der Waals surface area contributed by atoms with Gasteiger partial charge in [-0.2, -0.15) is 0 Å². The third kappa shape index (κ3) is 5.33. The summed E-state index contributed by atoms with van der Waals surface area (Å²) in [7, 11) is 1.70. The summed E-state index contributed by atoms with van der Waals surface area (Å²) in [6, 6.07) is 17.3. The molecule has 3 heteroatoms. The minimum Gasteiger partial charge on any atom is -0.508 e. The molecular weight excluding hydrogens is 322 g/mol. The van der Waals surface area contributed by atoms with Crippen LogP contribution in [-0.2, 0) is 11.3 Å². The molecule has 2 aromatic rings. The number of methoxy groups -OCH3 is 1. The zero-order valence-corrected chi connectivity index (χ0v) is 16.8. The van der Waals surface area contributed by atoms with Crippen molar-refractivity contribution in [3.63, 3.8) is 0 Å². The van der Waals surface area contributed by atoms with Crippen molar-refractivity contribution in [1.82, 2.24) is 4.90 Å². The second-order valence-corrected chi connectivity index (χ2v) is 7.50. The summed E-state index contributed by atoms with van der Waals surface area (Å²) >= 11 is 0. The molecule has 0 radical (unpaired) electrons. The van der Waals surface area contributed by atoms with E-state index in [2.05, 4.69) is 62.9 Å². The monoisotopic (exact) mass is 355 g/mol. The van der Waals surface area contributed by atoms with Crippen molar-refractivity contribution in [2.24, 2.45) is 0 Å². The summed E-state index contributed by atoms with van der Waals surface area (Å²) in [4.78, 5) is 2.51. The quantitative estimate of drug-likeness (QED) is 0.673. The van der Waals surface area contributed by atoms with Gasteiger partial charge in [0, 0.05) is 30.7 Å². The Morgan fingerprint density at radius 3 is 2.19 bits per heavy atom. The molecule has 0 aromatic heterocycles. The van der Waals surface area contributed by atoms with E-state index >= 15 is 0 Å². The Hall–Kier alpha value is -1.84. The van der Waals surface area contributed by atoms with Gasteiger partial charge in [0.05, 0.1) is 6.61 Å². The van der Waals surface area contributed by atoms with Crippen LogP contribution in [0, 0.1) is 0 Å². The van der Waals surface area contributed by atoms with E-state index in [1.54, 1.807) is 13.2 Å². The smallest absolute Gasteiger partial charge is 0.119 e. The lowest BCUT2D eigenvalue weighted by molar-refractivity contribution is 0.170. The molecule has 0 fully saturated rings. The topological polar surface area (TPSA) is 32.7 Å². The van der Waals surface area contributed by atoms with Gasteiger partial charge in [-0.05, 0) is 63.9 Å². The Bertz CT molecular complexity index is 659. The predicted molar refractivity (Wildman–Crippen MR) is 109 cm³/mol. The molecule has 2 aromatic carbocycles. The predicted octanol–water partition coefficient (Wildman–Crippen LogP) is 5.18. The molecule has 1 atom stereocenters. The molecule has 0 amide bonds. The number of aromatic hydroxyl groups is 1. The molecule has 0 aliphatic carbocycles. The number of phenolic OH excluding ortho intramolecular Hbond substituents is 1. The molecule has 0 saturated carbocycles. The van der Waals surface area contributed by atoms with Crippen LogP contribution >= 0.6 is 0 Å². The zero-order valence-electron chi connectivity index (χ0n) is 16.8. The van der Waals surface area contributed by atoms with E-state index in [1.165, 1.54) is 5.56 Å². The van der Waals surface area contributed by atoms with E-state index in [9.17, 15) is 5.11 Å². The lowest BCUT2D eigenvalue weighted by atomic mass is 9.86. The standard InChI is InChI=1S/C23H33NO2/c1-17(2)24(18(3)4)14-13-21(20-9-7-6-8-10-20)22-15-19(16-26-5)11-12-23(22)25/h6-12,15,17-18,21,25H,13-14,16H2,1-5H3/t21-/m0/s1. The van der Waals surface area contributed by atoms with E-state index in [4.69, 9.17) is 4.74 Å². The van der Waals surface area contributed by atoms with Gasteiger partial charge in [0.15, 0.2) is 0 Å².